The molecule has 1 atom stereocenters. The van der Waals surface area contributed by atoms with Crippen molar-refractivity contribution < 1.29 is 0 Å². The van der Waals surface area contributed by atoms with Crippen LogP contribution in [0.15, 0.2) is 29.6 Å². The Kier molecular flexibility index (Phi) is 5.11. The van der Waals surface area contributed by atoms with Crippen LogP contribution in [-0.2, 0) is 13.0 Å². The van der Waals surface area contributed by atoms with Gasteiger partial charge in [-0.2, -0.15) is 0 Å². The van der Waals surface area contributed by atoms with Gasteiger partial charge in [0.15, 0.2) is 0 Å². The lowest BCUT2D eigenvalue weighted by Gasteiger charge is -2.12. The van der Waals surface area contributed by atoms with Gasteiger partial charge in [-0.25, -0.2) is 4.98 Å². The predicted molar refractivity (Wildman–Crippen MR) is 82.7 cm³/mol. The molecular formula is C16H22N2S. The van der Waals surface area contributed by atoms with E-state index < -0.39 is 0 Å². The number of hydrogen-bond donors (Lipinski definition) is 1. The largest absolute Gasteiger partial charge is 0.308 e. The van der Waals surface area contributed by atoms with Crippen LogP contribution < -0.4 is 5.32 Å². The maximum Gasteiger partial charge on any atom is 0.107 e. The fourth-order valence-electron chi connectivity index (χ4n) is 2.10. The molecular weight excluding hydrogens is 252 g/mol. The van der Waals surface area contributed by atoms with Gasteiger partial charge in [-0.15, -0.1) is 11.3 Å². The van der Waals surface area contributed by atoms with Crippen LogP contribution >= 0.6 is 11.3 Å². The summed E-state index contributed by atoms with van der Waals surface area (Å²) in [6.45, 7) is 7.32. The molecule has 0 saturated carbocycles. The molecule has 2 nitrogen and oxygen atoms in total. The number of thiazole rings is 1. The van der Waals surface area contributed by atoms with E-state index in [0.717, 1.165) is 25.1 Å². The molecule has 2 rings (SSSR count). The molecule has 1 N–H and O–H groups in total. The van der Waals surface area contributed by atoms with Crippen LogP contribution in [0.1, 0.15) is 35.2 Å². The highest BCUT2D eigenvalue weighted by Crippen LogP contribution is 2.10. The first-order valence-corrected chi connectivity index (χ1v) is 7.71. The normalized spacial score (nSPS) is 12.6. The lowest BCUT2D eigenvalue weighted by atomic mass is 10.0. The molecule has 3 heteroatoms. The number of benzene rings is 1. The highest BCUT2D eigenvalue weighted by molar-refractivity contribution is 7.09. The molecule has 0 aliphatic rings. The number of nitrogens with one attached hydrogen (secondary N) is 1. The SMILES string of the molecule is Cc1cccc(CCC(C)NCc2nc(C)cs2)c1. The van der Waals surface area contributed by atoms with Gasteiger partial charge in [0, 0.05) is 23.7 Å². The van der Waals surface area contributed by atoms with Crippen molar-refractivity contribution in [1.82, 2.24) is 10.3 Å². The van der Waals surface area contributed by atoms with Crippen LogP contribution in [0.3, 0.4) is 0 Å². The van der Waals surface area contributed by atoms with E-state index in [-0.39, 0.29) is 0 Å². The maximum atomic E-state index is 4.47. The van der Waals surface area contributed by atoms with Crippen molar-refractivity contribution in [2.24, 2.45) is 0 Å². The summed E-state index contributed by atoms with van der Waals surface area (Å²) < 4.78 is 0. The zero-order valence-electron chi connectivity index (χ0n) is 11.9. The first kappa shape index (κ1) is 14.2. The minimum absolute atomic E-state index is 0.518. The van der Waals surface area contributed by atoms with E-state index in [2.05, 4.69) is 53.8 Å². The molecule has 0 bridgehead atoms. The Hall–Kier alpha value is -1.19. The average Bonchev–Trinajstić information content (AvgIpc) is 2.80. The van der Waals surface area contributed by atoms with Gasteiger partial charge < -0.3 is 5.32 Å². The van der Waals surface area contributed by atoms with Crippen LogP contribution in [0.4, 0.5) is 0 Å². The van der Waals surface area contributed by atoms with Crippen molar-refractivity contribution in [3.63, 3.8) is 0 Å². The number of aromatic nitrogens is 1. The van der Waals surface area contributed by atoms with Crippen LogP contribution in [0.5, 0.6) is 0 Å². The lowest BCUT2D eigenvalue weighted by molar-refractivity contribution is 0.513. The summed E-state index contributed by atoms with van der Waals surface area (Å²) in [7, 11) is 0. The zero-order chi connectivity index (χ0) is 13.7. The van der Waals surface area contributed by atoms with Crippen LogP contribution in [0.2, 0.25) is 0 Å². The molecule has 0 saturated heterocycles. The quantitative estimate of drug-likeness (QED) is 0.865. The summed E-state index contributed by atoms with van der Waals surface area (Å²) in [6.07, 6.45) is 2.29. The topological polar surface area (TPSA) is 24.9 Å². The third kappa shape index (κ3) is 4.77. The Bertz CT molecular complexity index is 519. The fourth-order valence-corrected chi connectivity index (χ4v) is 2.82. The second-order valence-corrected chi connectivity index (χ2v) is 6.13. The van der Waals surface area contributed by atoms with E-state index in [4.69, 9.17) is 0 Å². The zero-order valence-corrected chi connectivity index (χ0v) is 12.8. The fraction of sp³-hybridized carbons (Fsp3) is 0.438. The molecule has 0 radical (unpaired) electrons. The second kappa shape index (κ2) is 6.83. The van der Waals surface area contributed by atoms with E-state index in [1.165, 1.54) is 16.1 Å². The monoisotopic (exact) mass is 274 g/mol. The molecule has 0 amide bonds. The Morgan fingerprint density at radius 1 is 1.32 bits per heavy atom. The van der Waals surface area contributed by atoms with Gasteiger partial charge in [-0.1, -0.05) is 29.8 Å². The molecule has 1 unspecified atom stereocenters. The minimum Gasteiger partial charge on any atom is -0.308 e. The second-order valence-electron chi connectivity index (χ2n) is 5.19. The van der Waals surface area contributed by atoms with Crippen molar-refractivity contribution in [1.29, 1.82) is 0 Å². The Morgan fingerprint density at radius 3 is 2.84 bits per heavy atom. The maximum absolute atomic E-state index is 4.47. The van der Waals surface area contributed by atoms with E-state index in [0.29, 0.717) is 6.04 Å². The first-order valence-electron chi connectivity index (χ1n) is 6.83. The predicted octanol–water partition coefficient (Wildman–Crippen LogP) is 3.87. The Labute approximate surface area is 119 Å². The number of rotatable bonds is 6. The van der Waals surface area contributed by atoms with Gasteiger partial charge >= 0.3 is 0 Å². The highest BCUT2D eigenvalue weighted by atomic mass is 32.1. The van der Waals surface area contributed by atoms with E-state index in [1.54, 1.807) is 11.3 Å². The van der Waals surface area contributed by atoms with Gasteiger partial charge in [0.25, 0.3) is 0 Å². The summed E-state index contributed by atoms with van der Waals surface area (Å²) in [5, 5.41) is 6.83. The van der Waals surface area contributed by atoms with Crippen LogP contribution in [-0.4, -0.2) is 11.0 Å². The summed E-state index contributed by atoms with van der Waals surface area (Å²) >= 11 is 1.73. The number of aryl methyl sites for hydroxylation is 3. The van der Waals surface area contributed by atoms with Crippen molar-refractivity contribution in [2.45, 2.75) is 46.2 Å². The first-order chi connectivity index (χ1) is 9.13. The van der Waals surface area contributed by atoms with Gasteiger partial charge in [0.2, 0.25) is 0 Å². The Morgan fingerprint density at radius 2 is 2.16 bits per heavy atom. The van der Waals surface area contributed by atoms with Gasteiger partial charge in [0.05, 0.1) is 0 Å². The van der Waals surface area contributed by atoms with E-state index in [9.17, 15) is 0 Å². The third-order valence-electron chi connectivity index (χ3n) is 3.22. The molecule has 19 heavy (non-hydrogen) atoms. The summed E-state index contributed by atoms with van der Waals surface area (Å²) in [5.74, 6) is 0. The minimum atomic E-state index is 0.518. The van der Waals surface area contributed by atoms with E-state index >= 15 is 0 Å². The smallest absolute Gasteiger partial charge is 0.107 e. The molecule has 0 fully saturated rings. The van der Waals surface area contributed by atoms with Crippen LogP contribution in [0.25, 0.3) is 0 Å². The molecule has 0 aliphatic carbocycles. The standard InChI is InChI=1S/C16H22N2S/c1-12-5-4-6-15(9-12)8-7-13(2)17-10-16-18-14(3)11-19-16/h4-6,9,11,13,17H,7-8,10H2,1-3H3. The molecule has 1 heterocycles. The molecule has 1 aromatic heterocycles. The highest BCUT2D eigenvalue weighted by Gasteiger charge is 2.04. The molecule has 102 valence electrons. The van der Waals surface area contributed by atoms with Crippen molar-refractivity contribution in [2.75, 3.05) is 0 Å². The molecule has 0 aliphatic heterocycles. The average molecular weight is 274 g/mol. The number of hydrogen-bond acceptors (Lipinski definition) is 3. The van der Waals surface area contributed by atoms with Crippen molar-refractivity contribution in [3.05, 3.63) is 51.5 Å². The third-order valence-corrected chi connectivity index (χ3v) is 4.18. The molecule has 0 spiro atoms. The van der Waals surface area contributed by atoms with Gasteiger partial charge in [0.1, 0.15) is 5.01 Å². The Balaban J connectivity index is 1.74. The molecule has 2 aromatic rings. The van der Waals surface area contributed by atoms with Gasteiger partial charge in [-0.05, 0) is 39.2 Å². The van der Waals surface area contributed by atoms with Gasteiger partial charge in [-0.3, -0.25) is 0 Å². The summed E-state index contributed by atoms with van der Waals surface area (Å²) in [5.41, 5.74) is 3.89. The molecule has 1 aromatic carbocycles. The van der Waals surface area contributed by atoms with Crippen molar-refractivity contribution in [3.8, 4) is 0 Å². The summed E-state index contributed by atoms with van der Waals surface area (Å²) in [4.78, 5) is 4.47. The van der Waals surface area contributed by atoms with Crippen LogP contribution in [0, 0.1) is 13.8 Å². The lowest BCUT2D eigenvalue weighted by Crippen LogP contribution is -2.25. The van der Waals surface area contributed by atoms with E-state index in [1.807, 2.05) is 6.92 Å². The number of nitrogens with zero attached hydrogens (tertiary/aromatic N) is 1. The van der Waals surface area contributed by atoms with Crippen molar-refractivity contribution >= 4 is 11.3 Å². The summed E-state index contributed by atoms with van der Waals surface area (Å²) in [6, 6.07) is 9.29.